The first-order valence-corrected chi connectivity index (χ1v) is 5.03. The minimum Gasteiger partial charge on any atom is -0.294 e. The molecule has 0 radical (unpaired) electrons. The summed E-state index contributed by atoms with van der Waals surface area (Å²) in [5.41, 5.74) is 3.34. The van der Waals surface area contributed by atoms with E-state index in [1.165, 1.54) is 18.5 Å². The molecule has 0 fully saturated rings. The lowest BCUT2D eigenvalue weighted by atomic mass is 9.97. The van der Waals surface area contributed by atoms with Crippen molar-refractivity contribution in [1.82, 2.24) is 4.90 Å². The van der Waals surface area contributed by atoms with Crippen LogP contribution >= 0.6 is 0 Å². The van der Waals surface area contributed by atoms with Gasteiger partial charge in [-0.15, -0.1) is 0 Å². The van der Waals surface area contributed by atoms with Gasteiger partial charge in [0.2, 0.25) is 0 Å². The molecule has 0 atom stereocenters. The fraction of sp³-hybridized carbons (Fsp3) is 0.727. The third-order valence-corrected chi connectivity index (χ3v) is 2.98. The van der Waals surface area contributed by atoms with Crippen LogP contribution in [0.4, 0.5) is 0 Å². The van der Waals surface area contributed by atoms with Crippen LogP contribution in [0.15, 0.2) is 16.1 Å². The molecule has 0 spiro atoms. The normalized spacial score (nSPS) is 23.9. The van der Waals surface area contributed by atoms with E-state index in [9.17, 15) is 0 Å². The van der Waals surface area contributed by atoms with Crippen molar-refractivity contribution in [3.63, 3.8) is 0 Å². The molecule has 0 N–H and O–H groups in total. The molecule has 2 nitrogen and oxygen atoms in total. The summed E-state index contributed by atoms with van der Waals surface area (Å²) in [5.74, 6) is 0. The second-order valence-electron chi connectivity index (χ2n) is 4.94. The Labute approximate surface area is 80.3 Å². The minimum absolute atomic E-state index is 0.301. The fourth-order valence-electron chi connectivity index (χ4n) is 1.98. The monoisotopic (exact) mass is 178 g/mol. The van der Waals surface area contributed by atoms with Crippen LogP contribution in [0.3, 0.4) is 0 Å². The van der Waals surface area contributed by atoms with Gasteiger partial charge in [0.15, 0.2) is 0 Å². The Morgan fingerprint density at radius 3 is 2.85 bits per heavy atom. The molecule has 13 heavy (non-hydrogen) atoms. The number of rotatable bonds is 0. The van der Waals surface area contributed by atoms with Crippen LogP contribution in [0.2, 0.25) is 0 Å². The molecule has 2 heterocycles. The van der Waals surface area contributed by atoms with Gasteiger partial charge in [-0.3, -0.25) is 9.89 Å². The van der Waals surface area contributed by atoms with Gasteiger partial charge in [0.1, 0.15) is 0 Å². The molecule has 2 aliphatic rings. The molecule has 0 amide bonds. The first-order chi connectivity index (χ1) is 6.07. The van der Waals surface area contributed by atoms with Crippen LogP contribution in [-0.2, 0) is 0 Å². The summed E-state index contributed by atoms with van der Waals surface area (Å²) in [5, 5.41) is 0. The molecule has 72 valence electrons. The average Bonchev–Trinajstić information content (AvgIpc) is 2.47. The highest BCUT2D eigenvalue weighted by atomic mass is 15.2. The van der Waals surface area contributed by atoms with Crippen molar-refractivity contribution in [1.29, 1.82) is 0 Å². The Kier molecular flexibility index (Phi) is 2.03. The van der Waals surface area contributed by atoms with Gasteiger partial charge < -0.3 is 0 Å². The quantitative estimate of drug-likeness (QED) is 0.553. The number of hydrogen-bond donors (Lipinski definition) is 0. The molecule has 0 unspecified atom stereocenters. The Morgan fingerprint density at radius 1 is 1.38 bits per heavy atom. The number of hydrogen-bond acceptors (Lipinski definition) is 2. The molecule has 0 aliphatic carbocycles. The Hall–Kier alpha value is -0.630. The van der Waals surface area contributed by atoms with Crippen LogP contribution < -0.4 is 0 Å². The third-order valence-electron chi connectivity index (χ3n) is 2.98. The van der Waals surface area contributed by atoms with E-state index in [0.29, 0.717) is 5.54 Å². The van der Waals surface area contributed by atoms with Gasteiger partial charge in [-0.2, -0.15) is 0 Å². The predicted octanol–water partition coefficient (Wildman–Crippen LogP) is 1.87. The van der Waals surface area contributed by atoms with Crippen LogP contribution in [0.25, 0.3) is 0 Å². The molecule has 0 saturated carbocycles. The maximum atomic E-state index is 4.32. The molecule has 0 aromatic carbocycles. The molecule has 2 heteroatoms. The minimum atomic E-state index is 0.301. The maximum Gasteiger partial charge on any atom is 0.0606 e. The van der Waals surface area contributed by atoms with E-state index in [0.717, 1.165) is 13.1 Å². The summed E-state index contributed by atoms with van der Waals surface area (Å²) < 4.78 is 0. The zero-order valence-corrected chi connectivity index (χ0v) is 8.80. The van der Waals surface area contributed by atoms with E-state index in [4.69, 9.17) is 0 Å². The third kappa shape index (κ3) is 1.68. The molecular formula is C11H18N2. The highest BCUT2D eigenvalue weighted by Gasteiger charge is 2.27. The summed E-state index contributed by atoms with van der Waals surface area (Å²) in [6.45, 7) is 10.1. The molecule has 0 aromatic rings. The SMILES string of the molecule is CC(C)(C)N1CCC2=C(C=NC2)C1. The lowest BCUT2D eigenvalue weighted by molar-refractivity contribution is 0.147. The van der Waals surface area contributed by atoms with Crippen molar-refractivity contribution in [3.8, 4) is 0 Å². The maximum absolute atomic E-state index is 4.32. The highest BCUT2D eigenvalue weighted by molar-refractivity contribution is 5.83. The predicted molar refractivity (Wildman–Crippen MR) is 56.3 cm³/mol. The van der Waals surface area contributed by atoms with E-state index < -0.39 is 0 Å². The Bertz CT molecular complexity index is 268. The van der Waals surface area contributed by atoms with Gasteiger partial charge in [0.05, 0.1) is 6.54 Å². The number of aliphatic imine (C=N–C) groups is 1. The van der Waals surface area contributed by atoms with Crippen LogP contribution in [0.1, 0.15) is 27.2 Å². The first-order valence-electron chi connectivity index (χ1n) is 5.03. The Morgan fingerprint density at radius 2 is 2.15 bits per heavy atom. The second kappa shape index (κ2) is 2.95. The van der Waals surface area contributed by atoms with Gasteiger partial charge in [-0.1, -0.05) is 0 Å². The van der Waals surface area contributed by atoms with Gasteiger partial charge >= 0.3 is 0 Å². The van der Waals surface area contributed by atoms with Gasteiger partial charge in [0, 0.05) is 24.8 Å². The van der Waals surface area contributed by atoms with Crippen molar-refractivity contribution >= 4 is 6.21 Å². The summed E-state index contributed by atoms with van der Waals surface area (Å²) in [4.78, 5) is 6.85. The fourth-order valence-corrected chi connectivity index (χ4v) is 1.98. The summed E-state index contributed by atoms with van der Waals surface area (Å²) in [6, 6.07) is 0. The number of nitrogens with zero attached hydrogens (tertiary/aromatic N) is 2. The van der Waals surface area contributed by atoms with Crippen molar-refractivity contribution in [2.45, 2.75) is 32.7 Å². The topological polar surface area (TPSA) is 15.6 Å². The van der Waals surface area contributed by atoms with Crippen LogP contribution in [0, 0.1) is 0 Å². The summed E-state index contributed by atoms with van der Waals surface area (Å²) in [6.07, 6.45) is 3.28. The standard InChI is InChI=1S/C11H18N2/c1-11(2,3)13-5-4-9-6-12-7-10(9)8-13/h7H,4-6,8H2,1-3H3. The van der Waals surface area contributed by atoms with E-state index in [-0.39, 0.29) is 0 Å². The highest BCUT2D eigenvalue weighted by Crippen LogP contribution is 2.25. The van der Waals surface area contributed by atoms with Crippen molar-refractivity contribution in [2.75, 3.05) is 19.6 Å². The molecule has 0 aromatic heterocycles. The van der Waals surface area contributed by atoms with E-state index >= 15 is 0 Å². The van der Waals surface area contributed by atoms with Crippen LogP contribution in [0.5, 0.6) is 0 Å². The van der Waals surface area contributed by atoms with Gasteiger partial charge in [-0.05, 0) is 38.3 Å². The summed E-state index contributed by atoms with van der Waals surface area (Å²) >= 11 is 0. The molecule has 0 saturated heterocycles. The lowest BCUT2D eigenvalue weighted by Gasteiger charge is -2.38. The average molecular weight is 178 g/mol. The molecule has 2 rings (SSSR count). The van der Waals surface area contributed by atoms with Crippen LogP contribution in [-0.4, -0.2) is 36.3 Å². The summed E-state index contributed by atoms with van der Waals surface area (Å²) in [7, 11) is 0. The molecule has 2 aliphatic heterocycles. The van der Waals surface area contributed by atoms with Crippen molar-refractivity contribution < 1.29 is 0 Å². The lowest BCUT2D eigenvalue weighted by Crippen LogP contribution is -2.45. The molecule has 0 bridgehead atoms. The first kappa shape index (κ1) is 8.95. The van der Waals surface area contributed by atoms with E-state index in [1.54, 1.807) is 5.57 Å². The van der Waals surface area contributed by atoms with Crippen molar-refractivity contribution in [2.24, 2.45) is 4.99 Å². The zero-order valence-electron chi connectivity index (χ0n) is 8.80. The van der Waals surface area contributed by atoms with E-state index in [2.05, 4.69) is 36.9 Å². The van der Waals surface area contributed by atoms with Gasteiger partial charge in [0.25, 0.3) is 0 Å². The second-order valence-corrected chi connectivity index (χ2v) is 4.94. The smallest absolute Gasteiger partial charge is 0.0606 e. The van der Waals surface area contributed by atoms with Gasteiger partial charge in [-0.25, -0.2) is 0 Å². The van der Waals surface area contributed by atoms with Crippen molar-refractivity contribution in [3.05, 3.63) is 11.1 Å². The largest absolute Gasteiger partial charge is 0.294 e. The molecular weight excluding hydrogens is 160 g/mol. The van der Waals surface area contributed by atoms with E-state index in [1.807, 2.05) is 0 Å². The Balaban J connectivity index is 2.11. The zero-order chi connectivity index (χ0) is 9.47.